The summed E-state index contributed by atoms with van der Waals surface area (Å²) in [4.78, 5) is 23.7. The Morgan fingerprint density at radius 2 is 1.92 bits per heavy atom. The summed E-state index contributed by atoms with van der Waals surface area (Å²) in [7, 11) is 0. The minimum Gasteiger partial charge on any atom is -0.334 e. The molecule has 4 heteroatoms. The molecule has 1 aliphatic rings. The quantitative estimate of drug-likeness (QED) is 0.721. The van der Waals surface area contributed by atoms with Crippen molar-refractivity contribution in [2.24, 2.45) is 0 Å². The Morgan fingerprint density at radius 3 is 2.76 bits per heavy atom. The van der Waals surface area contributed by atoms with E-state index < -0.39 is 0 Å². The molecule has 1 aliphatic heterocycles. The van der Waals surface area contributed by atoms with Gasteiger partial charge in [0.1, 0.15) is 0 Å². The predicted molar refractivity (Wildman–Crippen MR) is 97.1 cm³/mol. The van der Waals surface area contributed by atoms with Crippen molar-refractivity contribution in [3.63, 3.8) is 0 Å². The number of nitrogens with zero attached hydrogens (tertiary/aromatic N) is 3. The van der Waals surface area contributed by atoms with E-state index in [1.807, 2.05) is 60.5 Å². The van der Waals surface area contributed by atoms with Gasteiger partial charge in [0.05, 0.1) is 5.69 Å². The molecule has 0 radical (unpaired) electrons. The number of benzene rings is 1. The summed E-state index contributed by atoms with van der Waals surface area (Å²) < 4.78 is 0. The van der Waals surface area contributed by atoms with Gasteiger partial charge in [-0.2, -0.15) is 0 Å². The first kappa shape index (κ1) is 15.5. The third kappa shape index (κ3) is 3.03. The van der Waals surface area contributed by atoms with Gasteiger partial charge in [0.15, 0.2) is 0 Å². The maximum Gasteiger partial charge on any atom is 0.254 e. The summed E-state index contributed by atoms with van der Waals surface area (Å²) in [6.07, 6.45) is 4.40. The molecule has 0 unspecified atom stereocenters. The zero-order chi connectivity index (χ0) is 17.2. The van der Waals surface area contributed by atoms with E-state index in [1.165, 1.54) is 0 Å². The van der Waals surface area contributed by atoms with Crippen molar-refractivity contribution in [2.75, 3.05) is 6.54 Å². The Balaban J connectivity index is 1.63. The lowest BCUT2D eigenvalue weighted by Gasteiger charge is -2.28. The van der Waals surface area contributed by atoms with Crippen LogP contribution in [0.4, 0.5) is 0 Å². The Kier molecular flexibility index (Phi) is 4.02. The lowest BCUT2D eigenvalue weighted by atomic mass is 10.00. The summed E-state index contributed by atoms with van der Waals surface area (Å²) in [5, 5.41) is 0. The highest BCUT2D eigenvalue weighted by Crippen LogP contribution is 2.25. The van der Waals surface area contributed by atoms with Crippen LogP contribution in [-0.4, -0.2) is 27.3 Å². The van der Waals surface area contributed by atoms with Gasteiger partial charge < -0.3 is 4.90 Å². The minimum atomic E-state index is 0.0617. The van der Waals surface area contributed by atoms with Gasteiger partial charge in [0, 0.05) is 48.7 Å². The summed E-state index contributed by atoms with van der Waals surface area (Å²) >= 11 is 0. The van der Waals surface area contributed by atoms with Gasteiger partial charge in [-0.05, 0) is 48.4 Å². The molecular formula is C21H19N3O. The van der Waals surface area contributed by atoms with Gasteiger partial charge in [-0.25, -0.2) is 0 Å². The highest BCUT2D eigenvalue weighted by atomic mass is 16.2. The average molecular weight is 329 g/mol. The Bertz CT molecular complexity index is 921. The van der Waals surface area contributed by atoms with Crippen LogP contribution >= 0.6 is 0 Å². The van der Waals surface area contributed by atoms with E-state index in [1.54, 1.807) is 6.20 Å². The molecule has 4 nitrogen and oxygen atoms in total. The molecular weight excluding hydrogens is 310 g/mol. The van der Waals surface area contributed by atoms with Crippen molar-refractivity contribution in [3.05, 3.63) is 83.3 Å². The summed E-state index contributed by atoms with van der Waals surface area (Å²) in [5.74, 6) is 0.0617. The van der Waals surface area contributed by atoms with Crippen molar-refractivity contribution in [1.29, 1.82) is 0 Å². The van der Waals surface area contributed by atoms with Crippen LogP contribution in [0.25, 0.3) is 11.3 Å². The molecule has 0 N–H and O–H groups in total. The van der Waals surface area contributed by atoms with Crippen molar-refractivity contribution in [3.8, 4) is 11.3 Å². The lowest BCUT2D eigenvalue weighted by molar-refractivity contribution is 0.0733. The van der Waals surface area contributed by atoms with Crippen LogP contribution in [-0.2, 0) is 13.0 Å². The van der Waals surface area contributed by atoms with E-state index in [-0.39, 0.29) is 5.91 Å². The molecule has 3 aromatic rings. The van der Waals surface area contributed by atoms with Gasteiger partial charge in [0.2, 0.25) is 0 Å². The number of amides is 1. The summed E-state index contributed by atoms with van der Waals surface area (Å²) in [5.41, 5.74) is 5.96. The largest absolute Gasteiger partial charge is 0.334 e. The fourth-order valence-corrected chi connectivity index (χ4v) is 3.27. The van der Waals surface area contributed by atoms with Crippen molar-refractivity contribution >= 4 is 5.91 Å². The predicted octanol–water partition coefficient (Wildman–Crippen LogP) is 3.65. The van der Waals surface area contributed by atoms with Crippen LogP contribution in [0.2, 0.25) is 0 Å². The Morgan fingerprint density at radius 1 is 1.04 bits per heavy atom. The highest BCUT2D eigenvalue weighted by Gasteiger charge is 2.22. The molecule has 0 saturated carbocycles. The number of pyridine rings is 2. The minimum absolute atomic E-state index is 0.0617. The van der Waals surface area contributed by atoms with E-state index >= 15 is 0 Å². The molecule has 0 aliphatic carbocycles. The average Bonchev–Trinajstić information content (AvgIpc) is 2.68. The molecule has 2 aromatic heterocycles. The monoisotopic (exact) mass is 329 g/mol. The zero-order valence-corrected chi connectivity index (χ0v) is 14.1. The smallest absolute Gasteiger partial charge is 0.254 e. The lowest BCUT2D eigenvalue weighted by Crippen LogP contribution is -2.36. The van der Waals surface area contributed by atoms with E-state index in [2.05, 4.69) is 16.0 Å². The Hall–Kier alpha value is -3.01. The number of hydrogen-bond donors (Lipinski definition) is 0. The van der Waals surface area contributed by atoms with Crippen LogP contribution in [0.1, 0.15) is 27.2 Å². The van der Waals surface area contributed by atoms with Crippen molar-refractivity contribution in [2.45, 2.75) is 19.9 Å². The number of carbonyl (C=O) groups is 1. The second-order valence-electron chi connectivity index (χ2n) is 6.33. The third-order valence-electron chi connectivity index (χ3n) is 4.68. The van der Waals surface area contributed by atoms with Gasteiger partial charge in [-0.3, -0.25) is 14.8 Å². The van der Waals surface area contributed by atoms with E-state index in [0.717, 1.165) is 34.5 Å². The standard InChI is InChI=1S/C21H19N3O/c1-15-7-8-16(13-18(15)20-6-2-3-10-23-20)21(25)24-12-9-19-17(14-24)5-4-11-22-19/h2-8,10-11,13H,9,12,14H2,1H3. The van der Waals surface area contributed by atoms with Crippen LogP contribution < -0.4 is 0 Å². The zero-order valence-electron chi connectivity index (χ0n) is 14.1. The van der Waals surface area contributed by atoms with E-state index in [0.29, 0.717) is 18.7 Å². The number of rotatable bonds is 2. The number of carbonyl (C=O) groups excluding carboxylic acids is 1. The molecule has 3 heterocycles. The maximum atomic E-state index is 13.0. The van der Waals surface area contributed by atoms with Gasteiger partial charge >= 0.3 is 0 Å². The van der Waals surface area contributed by atoms with Gasteiger partial charge in [-0.1, -0.05) is 18.2 Å². The number of hydrogen-bond acceptors (Lipinski definition) is 3. The summed E-state index contributed by atoms with van der Waals surface area (Å²) in [6, 6.07) is 15.7. The molecule has 0 bridgehead atoms. The second-order valence-corrected chi connectivity index (χ2v) is 6.33. The molecule has 0 fully saturated rings. The van der Waals surface area contributed by atoms with Crippen LogP contribution in [0.3, 0.4) is 0 Å². The first-order valence-corrected chi connectivity index (χ1v) is 8.46. The van der Waals surface area contributed by atoms with Crippen molar-refractivity contribution < 1.29 is 4.79 Å². The molecule has 0 atom stereocenters. The molecule has 4 rings (SSSR count). The van der Waals surface area contributed by atoms with Crippen molar-refractivity contribution in [1.82, 2.24) is 14.9 Å². The third-order valence-corrected chi connectivity index (χ3v) is 4.68. The molecule has 124 valence electrons. The first-order valence-electron chi connectivity index (χ1n) is 8.46. The fraction of sp³-hybridized carbons (Fsp3) is 0.190. The van der Waals surface area contributed by atoms with Gasteiger partial charge in [-0.15, -0.1) is 0 Å². The summed E-state index contributed by atoms with van der Waals surface area (Å²) in [6.45, 7) is 3.37. The highest BCUT2D eigenvalue weighted by molar-refractivity contribution is 5.95. The number of aromatic nitrogens is 2. The second kappa shape index (κ2) is 6.48. The van der Waals surface area contributed by atoms with Crippen LogP contribution in [0.5, 0.6) is 0 Å². The normalized spacial score (nSPS) is 13.4. The molecule has 0 saturated heterocycles. The molecule has 1 amide bonds. The number of fused-ring (bicyclic) bond motifs is 1. The van der Waals surface area contributed by atoms with E-state index in [4.69, 9.17) is 0 Å². The van der Waals surface area contributed by atoms with Crippen LogP contribution in [0.15, 0.2) is 60.9 Å². The SMILES string of the molecule is Cc1ccc(C(=O)N2CCc3ncccc3C2)cc1-c1ccccn1. The topological polar surface area (TPSA) is 46.1 Å². The van der Waals surface area contributed by atoms with E-state index in [9.17, 15) is 4.79 Å². The fourth-order valence-electron chi connectivity index (χ4n) is 3.27. The first-order chi connectivity index (χ1) is 12.2. The molecule has 0 spiro atoms. The Labute approximate surface area is 147 Å². The van der Waals surface area contributed by atoms with Gasteiger partial charge in [0.25, 0.3) is 5.91 Å². The molecule has 1 aromatic carbocycles. The van der Waals surface area contributed by atoms with Crippen LogP contribution in [0, 0.1) is 6.92 Å². The molecule has 25 heavy (non-hydrogen) atoms. The maximum absolute atomic E-state index is 13.0. The number of aryl methyl sites for hydroxylation is 1.